The Morgan fingerprint density at radius 1 is 1.26 bits per heavy atom. The van der Waals surface area contributed by atoms with Crippen molar-refractivity contribution in [1.29, 1.82) is 0 Å². The predicted molar refractivity (Wildman–Crippen MR) is 80.2 cm³/mol. The Balaban J connectivity index is 1.97. The molecular weight excluding hydrogens is 234 g/mol. The monoisotopic (exact) mass is 261 g/mol. The molecule has 1 N–H and O–H groups in total. The van der Waals surface area contributed by atoms with Gasteiger partial charge in [0.2, 0.25) is 0 Å². The predicted octanol–water partition coefficient (Wildman–Crippen LogP) is 3.93. The Hall–Kier alpha value is -0.860. The molecule has 1 aromatic carbocycles. The summed E-state index contributed by atoms with van der Waals surface area (Å²) >= 11 is 0. The number of benzene rings is 1. The summed E-state index contributed by atoms with van der Waals surface area (Å²) in [5.41, 5.74) is 1.71. The van der Waals surface area contributed by atoms with Crippen molar-refractivity contribution in [3.8, 4) is 0 Å². The molecule has 1 aliphatic rings. The lowest BCUT2D eigenvalue weighted by Crippen LogP contribution is -2.32. The lowest BCUT2D eigenvalue weighted by Gasteiger charge is -2.28. The Kier molecular flexibility index (Phi) is 5.00. The molecule has 0 aliphatic carbocycles. The third-order valence-corrected chi connectivity index (χ3v) is 3.63. The van der Waals surface area contributed by atoms with Crippen LogP contribution in [-0.2, 0) is 4.74 Å². The van der Waals surface area contributed by atoms with Crippen molar-refractivity contribution in [1.82, 2.24) is 5.32 Å². The highest BCUT2D eigenvalue weighted by molar-refractivity contribution is 5.19. The molecule has 19 heavy (non-hydrogen) atoms. The molecule has 1 aliphatic heterocycles. The van der Waals surface area contributed by atoms with Gasteiger partial charge in [-0.25, -0.2) is 0 Å². The molecule has 2 heteroatoms. The zero-order valence-electron chi connectivity index (χ0n) is 12.5. The van der Waals surface area contributed by atoms with Crippen LogP contribution < -0.4 is 5.32 Å². The number of rotatable bonds is 5. The second kappa shape index (κ2) is 6.53. The van der Waals surface area contributed by atoms with Gasteiger partial charge in [0.1, 0.15) is 0 Å². The molecule has 1 aromatic rings. The van der Waals surface area contributed by atoms with Crippen LogP contribution in [0.3, 0.4) is 0 Å². The van der Waals surface area contributed by atoms with Crippen molar-refractivity contribution in [3.63, 3.8) is 0 Å². The third-order valence-electron chi connectivity index (χ3n) is 3.63. The molecular formula is C17H27NO. The van der Waals surface area contributed by atoms with Crippen LogP contribution in [0.1, 0.15) is 51.6 Å². The molecule has 1 heterocycles. The molecule has 106 valence electrons. The molecule has 2 unspecified atom stereocenters. The van der Waals surface area contributed by atoms with E-state index in [0.717, 1.165) is 19.6 Å². The number of nitrogens with one attached hydrogen (secondary N) is 1. The summed E-state index contributed by atoms with van der Waals surface area (Å²) in [5.74, 6) is 0. The van der Waals surface area contributed by atoms with Crippen molar-refractivity contribution in [3.05, 3.63) is 35.9 Å². The van der Waals surface area contributed by atoms with E-state index in [2.05, 4.69) is 56.4 Å². The summed E-state index contributed by atoms with van der Waals surface area (Å²) in [4.78, 5) is 0. The lowest BCUT2D eigenvalue weighted by molar-refractivity contribution is 0.105. The van der Waals surface area contributed by atoms with Crippen LogP contribution in [0.4, 0.5) is 0 Å². The van der Waals surface area contributed by atoms with Gasteiger partial charge in [-0.15, -0.1) is 0 Å². The van der Waals surface area contributed by atoms with Crippen LogP contribution in [0.15, 0.2) is 30.3 Å². The summed E-state index contributed by atoms with van der Waals surface area (Å²) in [7, 11) is 0. The number of hydrogen-bond acceptors (Lipinski definition) is 2. The molecule has 0 bridgehead atoms. The van der Waals surface area contributed by atoms with E-state index >= 15 is 0 Å². The average molecular weight is 261 g/mol. The second-order valence-corrected chi connectivity index (χ2v) is 6.77. The van der Waals surface area contributed by atoms with E-state index < -0.39 is 0 Å². The molecule has 0 aromatic heterocycles. The zero-order chi connectivity index (χ0) is 13.7. The first-order chi connectivity index (χ1) is 9.04. The Labute approximate surface area is 117 Å². The van der Waals surface area contributed by atoms with Crippen LogP contribution in [0.2, 0.25) is 0 Å². The summed E-state index contributed by atoms with van der Waals surface area (Å²) in [6.07, 6.45) is 3.96. The zero-order valence-corrected chi connectivity index (χ0v) is 12.5. The summed E-state index contributed by atoms with van der Waals surface area (Å²) in [6.45, 7) is 8.81. The van der Waals surface area contributed by atoms with E-state index in [-0.39, 0.29) is 0 Å². The number of hydrogen-bond donors (Lipinski definition) is 1. The molecule has 2 atom stereocenters. The smallest absolute Gasteiger partial charge is 0.0700 e. The van der Waals surface area contributed by atoms with Gasteiger partial charge in [0.25, 0.3) is 0 Å². The highest BCUT2D eigenvalue weighted by atomic mass is 16.5. The summed E-state index contributed by atoms with van der Waals surface area (Å²) < 4.78 is 5.71. The lowest BCUT2D eigenvalue weighted by atomic mass is 9.85. The maximum absolute atomic E-state index is 5.71. The van der Waals surface area contributed by atoms with Gasteiger partial charge in [0, 0.05) is 19.2 Å². The largest absolute Gasteiger partial charge is 0.377 e. The van der Waals surface area contributed by atoms with Crippen LogP contribution in [0.5, 0.6) is 0 Å². The SMILES string of the molecule is CC(C)(C)CC(NCC1CCCO1)c1ccccc1. The van der Waals surface area contributed by atoms with Gasteiger partial charge in [0.05, 0.1) is 6.10 Å². The minimum Gasteiger partial charge on any atom is -0.377 e. The molecule has 1 fully saturated rings. The Bertz CT molecular complexity index is 363. The normalized spacial score (nSPS) is 21.5. The minimum absolute atomic E-state index is 0.323. The fourth-order valence-electron chi connectivity index (χ4n) is 2.68. The maximum Gasteiger partial charge on any atom is 0.0700 e. The molecule has 0 radical (unpaired) electrons. The van der Waals surface area contributed by atoms with Gasteiger partial charge in [-0.3, -0.25) is 0 Å². The summed E-state index contributed by atoms with van der Waals surface area (Å²) in [6, 6.07) is 11.2. The first kappa shape index (κ1) is 14.5. The first-order valence-corrected chi connectivity index (χ1v) is 7.44. The quantitative estimate of drug-likeness (QED) is 0.867. The van der Waals surface area contributed by atoms with Gasteiger partial charge in [-0.2, -0.15) is 0 Å². The van der Waals surface area contributed by atoms with E-state index in [0.29, 0.717) is 17.6 Å². The molecule has 1 saturated heterocycles. The van der Waals surface area contributed by atoms with Crippen LogP contribution >= 0.6 is 0 Å². The highest BCUT2D eigenvalue weighted by Crippen LogP contribution is 2.29. The second-order valence-electron chi connectivity index (χ2n) is 6.77. The van der Waals surface area contributed by atoms with Crippen LogP contribution in [0.25, 0.3) is 0 Å². The molecule has 2 nitrogen and oxygen atoms in total. The van der Waals surface area contributed by atoms with Gasteiger partial charge in [-0.05, 0) is 30.2 Å². The molecule has 0 spiro atoms. The summed E-state index contributed by atoms with van der Waals surface area (Å²) in [5, 5.41) is 3.71. The van der Waals surface area contributed by atoms with Crippen molar-refractivity contribution in [2.75, 3.05) is 13.2 Å². The topological polar surface area (TPSA) is 21.3 Å². The van der Waals surface area contributed by atoms with E-state index in [1.807, 2.05) is 0 Å². The van der Waals surface area contributed by atoms with Crippen molar-refractivity contribution < 1.29 is 4.74 Å². The number of ether oxygens (including phenoxy) is 1. The molecule has 2 rings (SSSR count). The fourth-order valence-corrected chi connectivity index (χ4v) is 2.68. The van der Waals surface area contributed by atoms with E-state index in [1.165, 1.54) is 18.4 Å². The van der Waals surface area contributed by atoms with Gasteiger partial charge >= 0.3 is 0 Å². The van der Waals surface area contributed by atoms with Crippen LogP contribution in [-0.4, -0.2) is 19.3 Å². The fraction of sp³-hybridized carbons (Fsp3) is 0.647. The highest BCUT2D eigenvalue weighted by Gasteiger charge is 2.22. The molecule has 0 saturated carbocycles. The maximum atomic E-state index is 5.71. The van der Waals surface area contributed by atoms with E-state index in [1.54, 1.807) is 0 Å². The van der Waals surface area contributed by atoms with E-state index in [4.69, 9.17) is 4.74 Å². The minimum atomic E-state index is 0.323. The Morgan fingerprint density at radius 2 is 2.00 bits per heavy atom. The van der Waals surface area contributed by atoms with Gasteiger partial charge < -0.3 is 10.1 Å². The Morgan fingerprint density at radius 3 is 2.58 bits per heavy atom. The van der Waals surface area contributed by atoms with Crippen molar-refractivity contribution >= 4 is 0 Å². The third kappa shape index (κ3) is 4.96. The van der Waals surface area contributed by atoms with Crippen molar-refractivity contribution in [2.24, 2.45) is 5.41 Å². The van der Waals surface area contributed by atoms with Crippen molar-refractivity contribution in [2.45, 2.75) is 52.2 Å². The van der Waals surface area contributed by atoms with Crippen LogP contribution in [0, 0.1) is 5.41 Å². The average Bonchev–Trinajstić information content (AvgIpc) is 2.87. The molecule has 0 amide bonds. The standard InChI is InChI=1S/C17H27NO/c1-17(2,3)12-16(14-8-5-4-6-9-14)18-13-15-10-7-11-19-15/h4-6,8-9,15-16,18H,7,10-13H2,1-3H3. The van der Waals surface area contributed by atoms with Gasteiger partial charge in [0.15, 0.2) is 0 Å². The van der Waals surface area contributed by atoms with E-state index in [9.17, 15) is 0 Å². The van der Waals surface area contributed by atoms with Gasteiger partial charge in [-0.1, -0.05) is 51.1 Å². The first-order valence-electron chi connectivity index (χ1n) is 7.44.